The van der Waals surface area contributed by atoms with Crippen molar-refractivity contribution in [2.45, 2.75) is 45.0 Å². The van der Waals surface area contributed by atoms with Gasteiger partial charge in [-0.3, -0.25) is 4.79 Å². The molecule has 152 valence electrons. The summed E-state index contributed by atoms with van der Waals surface area (Å²) in [6, 6.07) is 5.10. The van der Waals surface area contributed by atoms with Gasteiger partial charge < -0.3 is 16.2 Å². The Balaban J connectivity index is 1.61. The molecule has 3 rings (SSSR count). The quantitative estimate of drug-likeness (QED) is 0.472. The maximum Gasteiger partial charge on any atom is 0.230 e. The summed E-state index contributed by atoms with van der Waals surface area (Å²) >= 11 is 1.04. The molecule has 0 saturated heterocycles. The van der Waals surface area contributed by atoms with E-state index in [0.717, 1.165) is 16.9 Å². The van der Waals surface area contributed by atoms with E-state index in [1.165, 1.54) is 12.3 Å². The van der Waals surface area contributed by atoms with Crippen molar-refractivity contribution in [3.63, 3.8) is 0 Å². The summed E-state index contributed by atoms with van der Waals surface area (Å²) in [4.78, 5) is 16.3. The predicted octanol–water partition coefficient (Wildman–Crippen LogP) is 4.66. The number of nitrogens with zero attached hydrogens (tertiary/aromatic N) is 1. The highest BCUT2D eigenvalue weighted by Crippen LogP contribution is 2.21. The average Bonchev–Trinajstić information content (AvgIpc) is 3.29. The van der Waals surface area contributed by atoms with Crippen molar-refractivity contribution in [2.24, 2.45) is 0 Å². The minimum atomic E-state index is -2.37. The van der Waals surface area contributed by atoms with E-state index in [4.69, 9.17) is 16.7 Å². The Hall–Kier alpha value is -2.70. The molecule has 6 heteroatoms. The summed E-state index contributed by atoms with van der Waals surface area (Å²) < 4.78 is 64.7. The van der Waals surface area contributed by atoms with Crippen LogP contribution < -0.4 is 11.1 Å². The van der Waals surface area contributed by atoms with Crippen molar-refractivity contribution in [3.05, 3.63) is 76.2 Å². The van der Waals surface area contributed by atoms with E-state index in [1.54, 1.807) is 24.3 Å². The Bertz CT molecular complexity index is 1270. The monoisotopic (exact) mass is 417 g/mol. The Labute approximate surface area is 186 Å². The molecule has 0 fully saturated rings. The van der Waals surface area contributed by atoms with Gasteiger partial charge in [0, 0.05) is 16.6 Å². The zero-order valence-electron chi connectivity index (χ0n) is 23.9. The van der Waals surface area contributed by atoms with Crippen molar-refractivity contribution < 1.29 is 20.9 Å². The standard InChI is InChI=1S/C23H27N3O2S/c1-16-6-10-18(11-7-16)21(27)5-3-2-4-17-8-12-19(13-9-17)25-22(28)14-20-15-29-23(24)26-20/h6-13,15,21,27H,2-5,14H2,1H3,(H2,24,26)(H,25,28)/t21-/m0/s1/i5D2,6D,7D,10D,11D,14D2. The summed E-state index contributed by atoms with van der Waals surface area (Å²) in [5.41, 5.74) is 6.42. The van der Waals surface area contributed by atoms with Crippen LogP contribution >= 0.6 is 11.3 Å². The first-order valence-corrected chi connectivity index (χ1v) is 9.91. The minimum Gasteiger partial charge on any atom is -0.388 e. The number of amides is 1. The summed E-state index contributed by atoms with van der Waals surface area (Å²) in [5.74, 6) is -0.891. The zero-order chi connectivity index (χ0) is 27.7. The largest absolute Gasteiger partial charge is 0.388 e. The minimum absolute atomic E-state index is 0.0702. The van der Waals surface area contributed by atoms with Gasteiger partial charge in [0.25, 0.3) is 0 Å². The molecular weight excluding hydrogens is 382 g/mol. The SMILES string of the molecule is [2H]c1c([2H])c([C@@H](O)C([2H])([2H])CCCc2ccc(NC(=O)C([2H])([2H])c3csc(N)n3)cc2)c([2H])c([2H])c1C. The second-order valence-electron chi connectivity index (χ2n) is 6.35. The van der Waals surface area contributed by atoms with Crippen LogP contribution in [0.3, 0.4) is 0 Å². The number of nitrogens with one attached hydrogen (secondary N) is 1. The van der Waals surface area contributed by atoms with Crippen LogP contribution in [-0.2, 0) is 17.6 Å². The van der Waals surface area contributed by atoms with Crippen molar-refractivity contribution in [2.75, 3.05) is 11.1 Å². The molecule has 3 aromatic rings. The van der Waals surface area contributed by atoms with Gasteiger partial charge in [0.2, 0.25) is 5.91 Å². The van der Waals surface area contributed by atoms with E-state index in [0.29, 0.717) is 18.5 Å². The number of benzene rings is 2. The Morgan fingerprint density at radius 3 is 2.66 bits per heavy atom. The number of aromatic nitrogens is 1. The zero-order valence-corrected chi connectivity index (χ0v) is 16.7. The van der Waals surface area contributed by atoms with Crippen LogP contribution in [0.4, 0.5) is 10.8 Å². The van der Waals surface area contributed by atoms with Gasteiger partial charge >= 0.3 is 0 Å². The fourth-order valence-electron chi connectivity index (χ4n) is 2.53. The molecule has 2 aromatic carbocycles. The van der Waals surface area contributed by atoms with Crippen LogP contribution in [0.25, 0.3) is 0 Å². The van der Waals surface area contributed by atoms with Gasteiger partial charge in [0.1, 0.15) is 0 Å². The van der Waals surface area contributed by atoms with Gasteiger partial charge in [0.05, 0.1) is 23.7 Å². The fourth-order valence-corrected chi connectivity index (χ4v) is 3.03. The second kappa shape index (κ2) is 10.2. The number of aryl methyl sites for hydroxylation is 1. The topological polar surface area (TPSA) is 88.2 Å². The highest BCUT2D eigenvalue weighted by atomic mass is 32.1. The first kappa shape index (κ1) is 12.8. The molecule has 0 radical (unpaired) electrons. The van der Waals surface area contributed by atoms with Crippen LogP contribution in [0.1, 0.15) is 58.7 Å². The van der Waals surface area contributed by atoms with Crippen molar-refractivity contribution in [3.8, 4) is 0 Å². The van der Waals surface area contributed by atoms with Gasteiger partial charge in [-0.25, -0.2) is 4.98 Å². The third kappa shape index (κ3) is 6.69. The van der Waals surface area contributed by atoms with Crippen molar-refractivity contribution in [1.82, 2.24) is 4.98 Å². The van der Waals surface area contributed by atoms with Crippen LogP contribution in [-0.4, -0.2) is 16.0 Å². The molecule has 0 aliphatic heterocycles. The first-order chi connectivity index (χ1) is 17.2. The van der Waals surface area contributed by atoms with Gasteiger partial charge in [-0.05, 0) is 49.4 Å². The summed E-state index contributed by atoms with van der Waals surface area (Å²) in [7, 11) is 0. The second-order valence-corrected chi connectivity index (χ2v) is 7.24. The van der Waals surface area contributed by atoms with Gasteiger partial charge in [-0.1, -0.05) is 48.3 Å². The number of carbonyl (C=O) groups is 1. The molecule has 1 amide bonds. The number of aliphatic hydroxyl groups is 1. The van der Waals surface area contributed by atoms with Crippen LogP contribution in [0, 0.1) is 6.92 Å². The number of hydrogen-bond acceptors (Lipinski definition) is 5. The van der Waals surface area contributed by atoms with Crippen LogP contribution in [0.15, 0.2) is 53.8 Å². The summed E-state index contributed by atoms with van der Waals surface area (Å²) in [6.45, 7) is 1.44. The molecule has 0 unspecified atom stereocenters. The molecule has 1 heterocycles. The molecule has 0 spiro atoms. The lowest BCUT2D eigenvalue weighted by Crippen LogP contribution is -2.14. The van der Waals surface area contributed by atoms with Gasteiger partial charge in [0.15, 0.2) is 5.13 Å². The molecular formula is C23H27N3O2S. The average molecular weight is 418 g/mol. The number of rotatable bonds is 9. The maximum atomic E-state index is 12.4. The molecule has 1 atom stereocenters. The van der Waals surface area contributed by atoms with Crippen molar-refractivity contribution in [1.29, 1.82) is 0 Å². The third-order valence-electron chi connectivity index (χ3n) is 4.00. The van der Waals surface area contributed by atoms with E-state index in [2.05, 4.69) is 10.3 Å². The number of anilines is 2. The molecule has 0 saturated carbocycles. The van der Waals surface area contributed by atoms with Crippen LogP contribution in [0.2, 0.25) is 0 Å². The van der Waals surface area contributed by atoms with E-state index >= 15 is 0 Å². The summed E-state index contributed by atoms with van der Waals surface area (Å²) in [5, 5.41) is 14.7. The fraction of sp³-hybridized carbons (Fsp3) is 0.304. The Morgan fingerprint density at radius 1 is 1.28 bits per heavy atom. The maximum absolute atomic E-state index is 12.4. The third-order valence-corrected chi connectivity index (χ3v) is 4.67. The normalized spacial score (nSPS) is 16.9. The van der Waals surface area contributed by atoms with E-state index in [9.17, 15) is 9.90 Å². The molecule has 0 aliphatic carbocycles. The van der Waals surface area contributed by atoms with E-state index < -0.39 is 36.8 Å². The molecule has 0 aliphatic rings. The molecule has 1 aromatic heterocycles. The smallest absolute Gasteiger partial charge is 0.230 e. The lowest BCUT2D eigenvalue weighted by molar-refractivity contribution is -0.115. The highest BCUT2D eigenvalue weighted by Gasteiger charge is 2.08. The van der Waals surface area contributed by atoms with E-state index in [1.807, 2.05) is 0 Å². The van der Waals surface area contributed by atoms with Gasteiger partial charge in [-0.2, -0.15) is 0 Å². The lowest BCUT2D eigenvalue weighted by atomic mass is 10.0. The number of thiazole rings is 1. The van der Waals surface area contributed by atoms with E-state index in [-0.39, 0.29) is 40.5 Å². The van der Waals surface area contributed by atoms with Gasteiger partial charge in [-0.15, -0.1) is 11.3 Å². The lowest BCUT2D eigenvalue weighted by Gasteiger charge is -2.11. The first-order valence-electron chi connectivity index (χ1n) is 13.0. The molecule has 5 nitrogen and oxygen atoms in total. The van der Waals surface area contributed by atoms with Crippen LogP contribution in [0.5, 0.6) is 0 Å². The number of nitrogens with two attached hydrogens (primary N) is 1. The molecule has 4 N–H and O–H groups in total. The predicted molar refractivity (Wildman–Crippen MR) is 119 cm³/mol. The highest BCUT2D eigenvalue weighted by molar-refractivity contribution is 7.13. The summed E-state index contributed by atoms with van der Waals surface area (Å²) in [6.07, 6.45) is -5.74. The Morgan fingerprint density at radius 2 is 2.00 bits per heavy atom. The number of aliphatic hydroxyl groups excluding tert-OH is 1. The number of nitrogen functional groups attached to an aromatic ring is 1. The van der Waals surface area contributed by atoms with Crippen molar-refractivity contribution >= 4 is 28.1 Å². The molecule has 29 heavy (non-hydrogen) atoms. The Kier molecular flexibility index (Phi) is 4.49. The molecule has 0 bridgehead atoms. The number of hydrogen-bond donors (Lipinski definition) is 3. The number of carbonyl (C=O) groups excluding carboxylic acids is 1.